The zero-order chi connectivity index (χ0) is 15.3. The first-order valence-electron chi connectivity index (χ1n) is 8.73. The fraction of sp³-hybridized carbons (Fsp3) is 1.00. The van der Waals surface area contributed by atoms with Gasteiger partial charge in [0, 0.05) is 18.6 Å². The zero-order valence-corrected chi connectivity index (χ0v) is 15.0. The quantitative estimate of drug-likeness (QED) is 0.787. The first-order chi connectivity index (χ1) is 9.29. The van der Waals surface area contributed by atoms with Crippen LogP contribution in [0.15, 0.2) is 0 Å². The van der Waals surface area contributed by atoms with E-state index >= 15 is 0 Å². The van der Waals surface area contributed by atoms with Crippen LogP contribution in [-0.4, -0.2) is 37.1 Å². The van der Waals surface area contributed by atoms with Gasteiger partial charge in [-0.1, -0.05) is 34.6 Å². The lowest BCUT2D eigenvalue weighted by Gasteiger charge is -2.44. The maximum Gasteiger partial charge on any atom is 0.0108 e. The van der Waals surface area contributed by atoms with E-state index < -0.39 is 0 Å². The van der Waals surface area contributed by atoms with Crippen molar-refractivity contribution >= 4 is 0 Å². The molecule has 4 unspecified atom stereocenters. The molecule has 1 rings (SSSR count). The third kappa shape index (κ3) is 5.04. The van der Waals surface area contributed by atoms with E-state index in [0.29, 0.717) is 11.5 Å². The monoisotopic (exact) mass is 282 g/mol. The number of nitrogens with one attached hydrogen (secondary N) is 1. The number of nitrogens with zero attached hydrogens (tertiary/aromatic N) is 1. The summed E-state index contributed by atoms with van der Waals surface area (Å²) in [6.45, 7) is 16.5. The van der Waals surface area contributed by atoms with Crippen molar-refractivity contribution in [3.63, 3.8) is 0 Å². The summed E-state index contributed by atoms with van der Waals surface area (Å²) in [7, 11) is 2.30. The predicted octanol–water partition coefficient (Wildman–Crippen LogP) is 4.16. The summed E-state index contributed by atoms with van der Waals surface area (Å²) < 4.78 is 0. The second kappa shape index (κ2) is 7.79. The second-order valence-corrected chi connectivity index (χ2v) is 8.00. The number of hydrogen-bond acceptors (Lipinski definition) is 2. The summed E-state index contributed by atoms with van der Waals surface area (Å²) in [5.74, 6) is 1.69. The van der Waals surface area contributed by atoms with Crippen LogP contribution in [0.1, 0.15) is 67.2 Å². The molecule has 20 heavy (non-hydrogen) atoms. The molecule has 0 radical (unpaired) electrons. The van der Waals surface area contributed by atoms with E-state index in [1.807, 2.05) is 0 Å². The summed E-state index contributed by atoms with van der Waals surface area (Å²) in [5.41, 5.74) is 0.463. The van der Waals surface area contributed by atoms with Crippen molar-refractivity contribution in [3.8, 4) is 0 Å². The summed E-state index contributed by atoms with van der Waals surface area (Å²) in [4.78, 5) is 2.57. The van der Waals surface area contributed by atoms with Crippen LogP contribution in [0.25, 0.3) is 0 Å². The highest BCUT2D eigenvalue weighted by molar-refractivity contribution is 4.90. The fourth-order valence-corrected chi connectivity index (χ4v) is 3.64. The summed E-state index contributed by atoms with van der Waals surface area (Å²) in [6.07, 6.45) is 5.39. The first kappa shape index (κ1) is 18.0. The van der Waals surface area contributed by atoms with Gasteiger partial charge in [0.25, 0.3) is 0 Å². The molecule has 0 heterocycles. The van der Waals surface area contributed by atoms with Gasteiger partial charge in [-0.2, -0.15) is 0 Å². The molecule has 2 heteroatoms. The van der Waals surface area contributed by atoms with Gasteiger partial charge in [-0.15, -0.1) is 0 Å². The Labute approximate surface area is 127 Å². The van der Waals surface area contributed by atoms with Gasteiger partial charge in [-0.05, 0) is 63.5 Å². The molecule has 0 spiro atoms. The van der Waals surface area contributed by atoms with Gasteiger partial charge in [0.05, 0.1) is 0 Å². The molecule has 1 aliphatic rings. The Kier molecular flexibility index (Phi) is 7.00. The van der Waals surface area contributed by atoms with E-state index in [9.17, 15) is 0 Å². The molecule has 2 nitrogen and oxygen atoms in total. The normalized spacial score (nSPS) is 29.7. The van der Waals surface area contributed by atoms with E-state index in [4.69, 9.17) is 0 Å². The molecule has 0 aliphatic heterocycles. The molecule has 0 aromatic carbocycles. The van der Waals surface area contributed by atoms with Crippen LogP contribution in [-0.2, 0) is 0 Å². The van der Waals surface area contributed by atoms with Crippen LogP contribution < -0.4 is 5.32 Å². The highest BCUT2D eigenvalue weighted by atomic mass is 15.1. The van der Waals surface area contributed by atoms with Crippen molar-refractivity contribution in [3.05, 3.63) is 0 Å². The van der Waals surface area contributed by atoms with Gasteiger partial charge < -0.3 is 10.2 Å². The smallest absolute Gasteiger partial charge is 0.0108 e. The Bertz CT molecular complexity index is 269. The van der Waals surface area contributed by atoms with Gasteiger partial charge in [-0.3, -0.25) is 0 Å². The Morgan fingerprint density at radius 3 is 2.35 bits per heavy atom. The molecular weight excluding hydrogens is 244 g/mol. The molecule has 0 saturated heterocycles. The SMILES string of the molecule is CCNC1CCC(C(C)(C)C)CC1CN(C)C(C)CC. The van der Waals surface area contributed by atoms with Crippen molar-refractivity contribution in [2.24, 2.45) is 17.3 Å². The predicted molar refractivity (Wildman–Crippen MR) is 90.1 cm³/mol. The van der Waals surface area contributed by atoms with Crippen LogP contribution in [0.3, 0.4) is 0 Å². The third-order valence-electron chi connectivity index (χ3n) is 5.54. The van der Waals surface area contributed by atoms with Crippen molar-refractivity contribution in [2.75, 3.05) is 20.1 Å². The molecule has 120 valence electrons. The molecule has 0 aromatic rings. The average Bonchev–Trinajstić information content (AvgIpc) is 2.38. The highest BCUT2D eigenvalue weighted by Gasteiger charge is 2.36. The van der Waals surface area contributed by atoms with E-state index in [2.05, 4.69) is 58.8 Å². The molecule has 0 aromatic heterocycles. The maximum absolute atomic E-state index is 3.74. The Hall–Kier alpha value is -0.0800. The standard InChI is InChI=1S/C18H38N2/c1-8-14(3)20(7)13-15-12-16(18(4,5)6)10-11-17(15)19-9-2/h14-17,19H,8-13H2,1-7H3. The Balaban J connectivity index is 2.68. The minimum atomic E-state index is 0.463. The van der Waals surface area contributed by atoms with Crippen molar-refractivity contribution in [1.29, 1.82) is 0 Å². The van der Waals surface area contributed by atoms with E-state index in [1.165, 1.54) is 32.2 Å². The molecule has 0 amide bonds. The molecular formula is C18H38N2. The summed E-state index contributed by atoms with van der Waals surface area (Å²) >= 11 is 0. The van der Waals surface area contributed by atoms with Crippen molar-refractivity contribution in [2.45, 2.75) is 79.3 Å². The number of hydrogen-bond donors (Lipinski definition) is 1. The van der Waals surface area contributed by atoms with E-state index in [0.717, 1.165) is 24.4 Å². The van der Waals surface area contributed by atoms with Crippen LogP contribution in [0, 0.1) is 17.3 Å². The van der Waals surface area contributed by atoms with Crippen LogP contribution >= 0.6 is 0 Å². The van der Waals surface area contributed by atoms with Crippen LogP contribution in [0.4, 0.5) is 0 Å². The minimum absolute atomic E-state index is 0.463. The summed E-state index contributed by atoms with van der Waals surface area (Å²) in [5, 5.41) is 3.74. The van der Waals surface area contributed by atoms with Crippen molar-refractivity contribution in [1.82, 2.24) is 10.2 Å². The van der Waals surface area contributed by atoms with Gasteiger partial charge in [-0.25, -0.2) is 0 Å². The Morgan fingerprint density at radius 1 is 1.20 bits per heavy atom. The molecule has 0 bridgehead atoms. The lowest BCUT2D eigenvalue weighted by Crippen LogP contribution is -2.48. The van der Waals surface area contributed by atoms with Gasteiger partial charge in [0.1, 0.15) is 0 Å². The maximum atomic E-state index is 3.74. The minimum Gasteiger partial charge on any atom is -0.314 e. The molecule has 1 N–H and O–H groups in total. The Morgan fingerprint density at radius 2 is 1.85 bits per heavy atom. The zero-order valence-electron chi connectivity index (χ0n) is 15.0. The first-order valence-corrected chi connectivity index (χ1v) is 8.73. The number of rotatable bonds is 6. The topological polar surface area (TPSA) is 15.3 Å². The van der Waals surface area contributed by atoms with Gasteiger partial charge in [0.2, 0.25) is 0 Å². The van der Waals surface area contributed by atoms with E-state index in [-0.39, 0.29) is 0 Å². The lowest BCUT2D eigenvalue weighted by atomic mass is 9.67. The molecule has 1 saturated carbocycles. The lowest BCUT2D eigenvalue weighted by molar-refractivity contribution is 0.0848. The fourth-order valence-electron chi connectivity index (χ4n) is 3.64. The van der Waals surface area contributed by atoms with Crippen molar-refractivity contribution < 1.29 is 0 Å². The second-order valence-electron chi connectivity index (χ2n) is 8.00. The van der Waals surface area contributed by atoms with Gasteiger partial charge >= 0.3 is 0 Å². The molecule has 4 atom stereocenters. The third-order valence-corrected chi connectivity index (χ3v) is 5.54. The van der Waals surface area contributed by atoms with Gasteiger partial charge in [0.15, 0.2) is 0 Å². The van der Waals surface area contributed by atoms with Crippen LogP contribution in [0.5, 0.6) is 0 Å². The summed E-state index contributed by atoms with van der Waals surface area (Å²) in [6, 6.07) is 1.43. The van der Waals surface area contributed by atoms with Crippen LogP contribution in [0.2, 0.25) is 0 Å². The highest BCUT2D eigenvalue weighted by Crippen LogP contribution is 2.40. The molecule has 1 fully saturated rings. The largest absolute Gasteiger partial charge is 0.314 e. The average molecular weight is 283 g/mol. The van der Waals surface area contributed by atoms with E-state index in [1.54, 1.807) is 0 Å². The molecule has 1 aliphatic carbocycles.